The molecule has 0 spiro atoms. The van der Waals surface area contributed by atoms with Crippen molar-refractivity contribution in [3.63, 3.8) is 0 Å². The van der Waals surface area contributed by atoms with E-state index in [1.165, 1.54) is 0 Å². The van der Waals surface area contributed by atoms with E-state index in [2.05, 4.69) is 33.8 Å². The van der Waals surface area contributed by atoms with Gasteiger partial charge in [0.05, 0.1) is 11.6 Å². The van der Waals surface area contributed by atoms with Gasteiger partial charge in [0.25, 0.3) is 5.91 Å². The van der Waals surface area contributed by atoms with E-state index in [0.29, 0.717) is 10.6 Å². The van der Waals surface area contributed by atoms with Gasteiger partial charge < -0.3 is 5.32 Å². The van der Waals surface area contributed by atoms with E-state index in [1.54, 1.807) is 18.2 Å². The highest BCUT2D eigenvalue weighted by molar-refractivity contribution is 14.1. The van der Waals surface area contributed by atoms with E-state index in [4.69, 9.17) is 18.0 Å². The quantitative estimate of drug-likeness (QED) is 0.658. The van der Waals surface area contributed by atoms with Crippen LogP contribution in [0.5, 0.6) is 0 Å². The van der Waals surface area contributed by atoms with Crippen molar-refractivity contribution in [3.05, 3.63) is 32.4 Å². The summed E-state index contributed by atoms with van der Waals surface area (Å²) in [4.78, 5) is 11.4. The Bertz CT molecular complexity index is 398. The fourth-order valence-corrected chi connectivity index (χ4v) is 1.39. The number of halogens is 2. The minimum absolute atomic E-state index is 0.207. The summed E-state index contributed by atoms with van der Waals surface area (Å²) >= 11 is 7.96. The number of amides is 1. The Morgan fingerprint density at radius 2 is 2.36 bits per heavy atom. The van der Waals surface area contributed by atoms with Crippen LogP contribution in [-0.2, 0) is 0 Å². The molecule has 0 atom stereocenters. The van der Waals surface area contributed by atoms with Crippen LogP contribution in [0.15, 0.2) is 18.2 Å². The molecule has 0 aliphatic rings. The summed E-state index contributed by atoms with van der Waals surface area (Å²) in [5, 5.41) is 3.13. The highest BCUT2D eigenvalue weighted by Crippen LogP contribution is 2.19. The molecule has 1 aromatic carbocycles. The van der Waals surface area contributed by atoms with E-state index < -0.39 is 0 Å². The van der Waals surface area contributed by atoms with Crippen molar-refractivity contribution in [2.45, 2.75) is 0 Å². The first-order chi connectivity index (χ1) is 6.65. The Morgan fingerprint density at radius 3 is 2.93 bits per heavy atom. The Balaban J connectivity index is 2.82. The molecular formula is C10H7ClINO. The molecule has 0 fully saturated rings. The molecule has 4 heteroatoms. The van der Waals surface area contributed by atoms with Crippen molar-refractivity contribution in [1.29, 1.82) is 0 Å². The molecule has 0 aromatic heterocycles. The average Bonchev–Trinajstić information content (AvgIpc) is 2.18. The number of nitrogens with one attached hydrogen (secondary N) is 1. The second-order valence-corrected chi connectivity index (χ2v) is 4.09. The standard InChI is InChI=1S/C10H7ClINO/c1-2-5-13-10(14)7-3-4-9(12)8(11)6-7/h1,3-4,6H,5H2,(H,13,14). The summed E-state index contributed by atoms with van der Waals surface area (Å²) in [6, 6.07) is 5.11. The van der Waals surface area contributed by atoms with Gasteiger partial charge in [-0.15, -0.1) is 6.42 Å². The lowest BCUT2D eigenvalue weighted by atomic mass is 10.2. The van der Waals surface area contributed by atoms with Gasteiger partial charge in [-0.25, -0.2) is 0 Å². The lowest BCUT2D eigenvalue weighted by molar-refractivity contribution is 0.0958. The van der Waals surface area contributed by atoms with Crippen LogP contribution in [0, 0.1) is 15.9 Å². The first-order valence-corrected chi connectivity index (χ1v) is 5.27. The van der Waals surface area contributed by atoms with Gasteiger partial charge >= 0.3 is 0 Å². The number of benzene rings is 1. The van der Waals surface area contributed by atoms with E-state index in [0.717, 1.165) is 3.57 Å². The number of rotatable bonds is 2. The third kappa shape index (κ3) is 2.89. The predicted octanol–water partition coefficient (Wildman–Crippen LogP) is 2.31. The zero-order valence-electron chi connectivity index (χ0n) is 7.18. The summed E-state index contributed by atoms with van der Waals surface area (Å²) in [5.41, 5.74) is 0.519. The second-order valence-electron chi connectivity index (χ2n) is 2.52. The third-order valence-electron chi connectivity index (χ3n) is 1.53. The van der Waals surface area contributed by atoms with Gasteiger partial charge in [0.2, 0.25) is 0 Å². The molecular weight excluding hydrogens is 312 g/mol. The van der Waals surface area contributed by atoms with Crippen molar-refractivity contribution < 1.29 is 4.79 Å². The molecule has 2 nitrogen and oxygen atoms in total. The van der Waals surface area contributed by atoms with E-state index in [-0.39, 0.29) is 12.5 Å². The maximum Gasteiger partial charge on any atom is 0.252 e. The van der Waals surface area contributed by atoms with E-state index >= 15 is 0 Å². The SMILES string of the molecule is C#CCNC(=O)c1ccc(I)c(Cl)c1. The molecule has 1 amide bonds. The first-order valence-electron chi connectivity index (χ1n) is 3.82. The zero-order chi connectivity index (χ0) is 10.6. The maximum atomic E-state index is 11.4. The topological polar surface area (TPSA) is 29.1 Å². The minimum atomic E-state index is -0.207. The summed E-state index contributed by atoms with van der Waals surface area (Å²) in [7, 11) is 0. The molecule has 0 saturated heterocycles. The van der Waals surface area contributed by atoms with Crippen molar-refractivity contribution in [3.8, 4) is 12.3 Å². The summed E-state index contributed by atoms with van der Waals surface area (Å²) < 4.78 is 0.915. The highest BCUT2D eigenvalue weighted by atomic mass is 127. The first kappa shape index (κ1) is 11.3. The normalized spacial score (nSPS) is 9.21. The van der Waals surface area contributed by atoms with Gasteiger partial charge in [-0.05, 0) is 40.8 Å². The number of terminal acetylenes is 1. The Labute approximate surface area is 101 Å². The maximum absolute atomic E-state index is 11.4. The van der Waals surface area contributed by atoms with Crippen LogP contribution in [0.4, 0.5) is 0 Å². The van der Waals surface area contributed by atoms with Crippen LogP contribution in [0.25, 0.3) is 0 Å². The van der Waals surface area contributed by atoms with Gasteiger partial charge in [0, 0.05) is 9.13 Å². The van der Waals surface area contributed by atoms with Crippen LogP contribution >= 0.6 is 34.2 Å². The van der Waals surface area contributed by atoms with Gasteiger partial charge in [0.15, 0.2) is 0 Å². The van der Waals surface area contributed by atoms with Crippen molar-refractivity contribution in [1.82, 2.24) is 5.32 Å². The van der Waals surface area contributed by atoms with Gasteiger partial charge in [0.1, 0.15) is 0 Å². The monoisotopic (exact) mass is 319 g/mol. The van der Waals surface area contributed by atoms with Crippen LogP contribution < -0.4 is 5.32 Å². The number of carbonyl (C=O) groups is 1. The molecule has 0 bridgehead atoms. The van der Waals surface area contributed by atoms with Crippen molar-refractivity contribution >= 4 is 40.1 Å². The molecule has 0 aliphatic heterocycles. The molecule has 0 unspecified atom stereocenters. The van der Waals surface area contributed by atoms with Gasteiger partial charge in [-0.3, -0.25) is 4.79 Å². The molecule has 14 heavy (non-hydrogen) atoms. The molecule has 1 aromatic rings. The van der Waals surface area contributed by atoms with Crippen LogP contribution in [0.2, 0.25) is 5.02 Å². The number of carbonyl (C=O) groups excluding carboxylic acids is 1. The van der Waals surface area contributed by atoms with Crippen molar-refractivity contribution in [2.24, 2.45) is 0 Å². The molecule has 0 saturated carbocycles. The number of hydrogen-bond donors (Lipinski definition) is 1. The smallest absolute Gasteiger partial charge is 0.252 e. The molecule has 72 valence electrons. The Hall–Kier alpha value is -0.730. The lowest BCUT2D eigenvalue weighted by Crippen LogP contribution is -2.23. The summed E-state index contributed by atoms with van der Waals surface area (Å²) in [6.07, 6.45) is 5.02. The molecule has 0 aliphatic carbocycles. The molecule has 0 heterocycles. The van der Waals surface area contributed by atoms with Crippen LogP contribution in [-0.4, -0.2) is 12.5 Å². The highest BCUT2D eigenvalue weighted by Gasteiger charge is 2.06. The van der Waals surface area contributed by atoms with Crippen LogP contribution in [0.3, 0.4) is 0 Å². The third-order valence-corrected chi connectivity index (χ3v) is 3.11. The molecule has 0 radical (unpaired) electrons. The Morgan fingerprint density at radius 1 is 1.64 bits per heavy atom. The fraction of sp³-hybridized carbons (Fsp3) is 0.100. The van der Waals surface area contributed by atoms with Crippen molar-refractivity contribution in [2.75, 3.05) is 6.54 Å². The van der Waals surface area contributed by atoms with E-state index in [9.17, 15) is 4.79 Å². The summed E-state index contributed by atoms with van der Waals surface area (Å²) in [6.45, 7) is 0.225. The van der Waals surface area contributed by atoms with E-state index in [1.807, 2.05) is 0 Å². The molecule has 1 N–H and O–H groups in total. The summed E-state index contributed by atoms with van der Waals surface area (Å²) in [5.74, 6) is 2.12. The van der Waals surface area contributed by atoms with Gasteiger partial charge in [-0.2, -0.15) is 0 Å². The largest absolute Gasteiger partial charge is 0.341 e. The minimum Gasteiger partial charge on any atom is -0.341 e. The van der Waals surface area contributed by atoms with Gasteiger partial charge in [-0.1, -0.05) is 17.5 Å². The second kappa shape index (κ2) is 5.23. The predicted molar refractivity (Wildman–Crippen MR) is 65.3 cm³/mol. The fourth-order valence-electron chi connectivity index (χ4n) is 0.871. The number of hydrogen-bond acceptors (Lipinski definition) is 1. The van der Waals surface area contributed by atoms with Crippen LogP contribution in [0.1, 0.15) is 10.4 Å². The lowest BCUT2D eigenvalue weighted by Gasteiger charge is -2.02. The zero-order valence-corrected chi connectivity index (χ0v) is 10.1. The molecule has 1 rings (SSSR count). The average molecular weight is 320 g/mol. The Kier molecular flexibility index (Phi) is 4.23.